The minimum atomic E-state index is -0.618. The number of carbonyl (C=O) groups is 1. The lowest BCUT2D eigenvalue weighted by molar-refractivity contribution is 0.101. The van der Waals surface area contributed by atoms with Gasteiger partial charge in [-0.15, -0.1) is 11.8 Å². The average Bonchev–Trinajstić information content (AvgIpc) is 2.40. The summed E-state index contributed by atoms with van der Waals surface area (Å²) in [6, 6.07) is 8.56. The summed E-state index contributed by atoms with van der Waals surface area (Å²) in [7, 11) is 0. The van der Waals surface area contributed by atoms with Crippen LogP contribution >= 0.6 is 11.8 Å². The van der Waals surface area contributed by atoms with E-state index in [9.17, 15) is 18.0 Å². The molecule has 0 saturated carbocycles. The lowest BCUT2D eigenvalue weighted by Gasteiger charge is -2.04. The van der Waals surface area contributed by atoms with Crippen LogP contribution in [0.1, 0.15) is 10.4 Å². The van der Waals surface area contributed by atoms with Gasteiger partial charge in [0.05, 0.1) is 11.3 Å². The summed E-state index contributed by atoms with van der Waals surface area (Å²) in [6.07, 6.45) is 0. The first-order valence-corrected chi connectivity index (χ1v) is 6.42. The Morgan fingerprint density at radius 2 is 1.74 bits per heavy atom. The Labute approximate surface area is 112 Å². The molecule has 0 saturated heterocycles. The van der Waals surface area contributed by atoms with Crippen molar-refractivity contribution in [2.75, 3.05) is 5.75 Å². The molecule has 0 fully saturated rings. The quantitative estimate of drug-likeness (QED) is 0.621. The lowest BCUT2D eigenvalue weighted by atomic mass is 10.1. The fraction of sp³-hybridized carbons (Fsp3) is 0.0714. The molecule has 1 nitrogen and oxygen atoms in total. The Bertz CT molecular complexity index is 613. The molecule has 0 bridgehead atoms. The van der Waals surface area contributed by atoms with Gasteiger partial charge in [0, 0.05) is 4.90 Å². The number of hydrogen-bond donors (Lipinski definition) is 0. The third kappa shape index (κ3) is 3.38. The van der Waals surface area contributed by atoms with Crippen molar-refractivity contribution in [3.05, 3.63) is 65.5 Å². The van der Waals surface area contributed by atoms with E-state index in [-0.39, 0.29) is 16.2 Å². The van der Waals surface area contributed by atoms with Crippen molar-refractivity contribution >= 4 is 17.5 Å². The predicted octanol–water partition coefficient (Wildman–Crippen LogP) is 4.08. The number of hydrogen-bond acceptors (Lipinski definition) is 2. The van der Waals surface area contributed by atoms with E-state index >= 15 is 0 Å². The molecule has 0 radical (unpaired) electrons. The van der Waals surface area contributed by atoms with Gasteiger partial charge in [0.15, 0.2) is 5.78 Å². The van der Waals surface area contributed by atoms with Crippen LogP contribution in [-0.2, 0) is 0 Å². The topological polar surface area (TPSA) is 17.1 Å². The van der Waals surface area contributed by atoms with E-state index in [4.69, 9.17) is 0 Å². The van der Waals surface area contributed by atoms with E-state index in [1.54, 1.807) is 6.07 Å². The molecule has 0 atom stereocenters. The molecule has 0 aliphatic rings. The van der Waals surface area contributed by atoms with Crippen LogP contribution in [0.15, 0.2) is 47.4 Å². The molecule has 2 aromatic rings. The van der Waals surface area contributed by atoms with Crippen LogP contribution in [0.4, 0.5) is 13.2 Å². The third-order valence-electron chi connectivity index (χ3n) is 2.43. The maximum atomic E-state index is 13.3. The van der Waals surface area contributed by atoms with Crippen molar-refractivity contribution in [1.82, 2.24) is 0 Å². The minimum Gasteiger partial charge on any atom is -0.293 e. The van der Waals surface area contributed by atoms with Gasteiger partial charge < -0.3 is 0 Å². The summed E-state index contributed by atoms with van der Waals surface area (Å²) in [5, 5.41) is 0. The highest BCUT2D eigenvalue weighted by Gasteiger charge is 2.13. The van der Waals surface area contributed by atoms with Crippen LogP contribution in [0.2, 0.25) is 0 Å². The molecule has 0 aliphatic heterocycles. The molecule has 0 amide bonds. The maximum Gasteiger partial charge on any atom is 0.176 e. The molecule has 0 aliphatic carbocycles. The Kier molecular flexibility index (Phi) is 4.27. The van der Waals surface area contributed by atoms with Gasteiger partial charge in [-0.3, -0.25) is 4.79 Å². The van der Waals surface area contributed by atoms with Crippen LogP contribution in [0.3, 0.4) is 0 Å². The second-order valence-electron chi connectivity index (χ2n) is 3.77. The molecule has 0 heterocycles. The molecule has 98 valence electrons. The second-order valence-corrected chi connectivity index (χ2v) is 4.78. The van der Waals surface area contributed by atoms with Gasteiger partial charge in [-0.1, -0.05) is 12.1 Å². The molecule has 0 spiro atoms. The number of benzene rings is 2. The molecule has 0 N–H and O–H groups in total. The van der Waals surface area contributed by atoms with E-state index in [0.29, 0.717) is 0 Å². The zero-order chi connectivity index (χ0) is 13.8. The highest BCUT2D eigenvalue weighted by atomic mass is 32.2. The van der Waals surface area contributed by atoms with E-state index in [2.05, 4.69) is 0 Å². The normalized spacial score (nSPS) is 10.5. The van der Waals surface area contributed by atoms with Gasteiger partial charge >= 0.3 is 0 Å². The number of Topliss-reactive ketones (excluding diaryl/α,β-unsaturated/α-hetero) is 1. The van der Waals surface area contributed by atoms with Gasteiger partial charge in [0.1, 0.15) is 17.5 Å². The Balaban J connectivity index is 2.09. The van der Waals surface area contributed by atoms with Crippen LogP contribution in [0.25, 0.3) is 0 Å². The monoisotopic (exact) mass is 282 g/mol. The molecule has 2 aromatic carbocycles. The Morgan fingerprint density at radius 1 is 1.00 bits per heavy atom. The van der Waals surface area contributed by atoms with Crippen molar-refractivity contribution < 1.29 is 18.0 Å². The van der Waals surface area contributed by atoms with Gasteiger partial charge in [-0.05, 0) is 30.3 Å². The number of rotatable bonds is 4. The van der Waals surface area contributed by atoms with E-state index in [1.165, 1.54) is 18.2 Å². The first-order chi connectivity index (χ1) is 9.08. The lowest BCUT2D eigenvalue weighted by Crippen LogP contribution is -2.05. The SMILES string of the molecule is O=C(CSc1cc(F)ccc1F)c1ccccc1F. The number of thioether (sulfide) groups is 1. The summed E-state index contributed by atoms with van der Waals surface area (Å²) >= 11 is 0.842. The van der Waals surface area contributed by atoms with E-state index in [1.807, 2.05) is 0 Å². The second kappa shape index (κ2) is 5.93. The third-order valence-corrected chi connectivity index (χ3v) is 3.46. The largest absolute Gasteiger partial charge is 0.293 e. The first-order valence-electron chi connectivity index (χ1n) is 5.43. The highest BCUT2D eigenvalue weighted by Crippen LogP contribution is 2.24. The summed E-state index contributed by atoms with van der Waals surface area (Å²) in [5.41, 5.74) is -0.0492. The van der Waals surface area contributed by atoms with Crippen molar-refractivity contribution in [3.63, 3.8) is 0 Å². The standard InChI is InChI=1S/C14H9F3OS/c15-9-5-6-12(17)14(7-9)19-8-13(18)10-3-1-2-4-11(10)16/h1-7H,8H2. The fourth-order valence-corrected chi connectivity index (χ4v) is 2.34. The molecular weight excluding hydrogens is 273 g/mol. The van der Waals surface area contributed by atoms with Crippen LogP contribution in [0.5, 0.6) is 0 Å². The highest BCUT2D eigenvalue weighted by molar-refractivity contribution is 8.00. The first kappa shape index (κ1) is 13.7. The molecule has 0 unspecified atom stereocenters. The zero-order valence-corrected chi connectivity index (χ0v) is 10.5. The van der Waals surface area contributed by atoms with Gasteiger partial charge in [-0.25, -0.2) is 13.2 Å². The maximum absolute atomic E-state index is 13.3. The predicted molar refractivity (Wildman–Crippen MR) is 67.8 cm³/mol. The van der Waals surface area contributed by atoms with Crippen molar-refractivity contribution in [3.8, 4) is 0 Å². The number of carbonyl (C=O) groups excluding carboxylic acids is 1. The molecular formula is C14H9F3OS. The van der Waals surface area contributed by atoms with Crippen LogP contribution < -0.4 is 0 Å². The van der Waals surface area contributed by atoms with E-state index < -0.39 is 23.2 Å². The van der Waals surface area contributed by atoms with Gasteiger partial charge in [-0.2, -0.15) is 0 Å². The average molecular weight is 282 g/mol. The molecule has 5 heteroatoms. The molecule has 2 rings (SSSR count). The summed E-state index contributed by atoms with van der Waals surface area (Å²) in [6.45, 7) is 0. The minimum absolute atomic E-state index is 0.0321. The fourth-order valence-electron chi connectivity index (χ4n) is 1.50. The smallest absolute Gasteiger partial charge is 0.176 e. The Hall–Kier alpha value is -1.75. The number of halogens is 3. The van der Waals surface area contributed by atoms with Crippen molar-refractivity contribution in [2.45, 2.75) is 4.90 Å². The van der Waals surface area contributed by atoms with Crippen LogP contribution in [0, 0.1) is 17.5 Å². The van der Waals surface area contributed by atoms with Crippen LogP contribution in [-0.4, -0.2) is 11.5 Å². The van der Waals surface area contributed by atoms with Crippen molar-refractivity contribution in [2.24, 2.45) is 0 Å². The van der Waals surface area contributed by atoms with Gasteiger partial charge in [0.2, 0.25) is 0 Å². The summed E-state index contributed by atoms with van der Waals surface area (Å²) < 4.78 is 39.6. The van der Waals surface area contributed by atoms with Gasteiger partial charge in [0.25, 0.3) is 0 Å². The zero-order valence-electron chi connectivity index (χ0n) is 9.70. The van der Waals surface area contributed by atoms with E-state index in [0.717, 1.165) is 30.0 Å². The Morgan fingerprint density at radius 3 is 2.47 bits per heavy atom. The summed E-state index contributed by atoms with van der Waals surface area (Å²) in [4.78, 5) is 11.8. The molecule has 19 heavy (non-hydrogen) atoms. The van der Waals surface area contributed by atoms with Crippen molar-refractivity contribution in [1.29, 1.82) is 0 Å². The molecule has 0 aromatic heterocycles. The summed E-state index contributed by atoms with van der Waals surface area (Å²) in [5.74, 6) is -2.42. The number of ketones is 1.